The first-order valence-corrected chi connectivity index (χ1v) is 8.66. The summed E-state index contributed by atoms with van der Waals surface area (Å²) in [6, 6.07) is 11.5. The van der Waals surface area contributed by atoms with Crippen LogP contribution in [0, 0.1) is 10.5 Å². The normalized spacial score (nSPS) is 10.6. The van der Waals surface area contributed by atoms with Gasteiger partial charge in [-0.3, -0.25) is 4.79 Å². The molecule has 2 aromatic carbocycles. The monoisotopic (exact) mass is 453 g/mol. The van der Waals surface area contributed by atoms with Crippen molar-refractivity contribution < 1.29 is 14.3 Å². The Balaban J connectivity index is 1.93. The number of amides is 1. The highest BCUT2D eigenvalue weighted by molar-refractivity contribution is 14.1. The largest absolute Gasteiger partial charge is 0.493 e. The quantitative estimate of drug-likeness (QED) is 0.384. The summed E-state index contributed by atoms with van der Waals surface area (Å²) in [6.45, 7) is 2.13. The Bertz CT molecular complexity index is 778. The number of methoxy groups -OCH3 is 2. The fourth-order valence-corrected chi connectivity index (χ4v) is 3.02. The van der Waals surface area contributed by atoms with Crippen molar-refractivity contribution in [2.75, 3.05) is 26.1 Å². The van der Waals surface area contributed by atoms with Gasteiger partial charge >= 0.3 is 0 Å². The summed E-state index contributed by atoms with van der Waals surface area (Å²) in [5, 5.41) is 7.06. The predicted octanol–water partition coefficient (Wildman–Crippen LogP) is 3.18. The molecule has 25 heavy (non-hydrogen) atoms. The zero-order valence-electron chi connectivity index (χ0n) is 14.3. The van der Waals surface area contributed by atoms with E-state index in [2.05, 4.69) is 38.4 Å². The predicted molar refractivity (Wildman–Crippen MR) is 108 cm³/mol. The molecule has 0 unspecified atom stereocenters. The van der Waals surface area contributed by atoms with E-state index < -0.39 is 0 Å². The highest BCUT2D eigenvalue weighted by atomic mass is 127. The lowest BCUT2D eigenvalue weighted by molar-refractivity contribution is -0.119. The maximum Gasteiger partial charge on any atom is 0.259 e. The van der Waals surface area contributed by atoms with Crippen molar-refractivity contribution in [2.45, 2.75) is 6.92 Å². The molecular weight excluding hydrogens is 433 g/mol. The van der Waals surface area contributed by atoms with Crippen molar-refractivity contribution in [3.63, 3.8) is 0 Å². The number of hydrogen-bond acceptors (Lipinski definition) is 5. The standard InChI is InChI=1S/C18H20IN3O3/c1-12-6-4-5-7-15(12)20-11-17(23)22-21-10-13-8-14(19)18(25-3)16(9-13)24-2/h4-10,20H,11H2,1-3H3,(H,22,23)/b21-10+. The number of rotatable bonds is 7. The van der Waals surface area contributed by atoms with Gasteiger partial charge in [-0.15, -0.1) is 0 Å². The van der Waals surface area contributed by atoms with Gasteiger partial charge in [0, 0.05) is 5.69 Å². The van der Waals surface area contributed by atoms with E-state index in [1.54, 1.807) is 26.5 Å². The summed E-state index contributed by atoms with van der Waals surface area (Å²) in [5.74, 6) is 1.06. The minimum absolute atomic E-state index is 0.145. The van der Waals surface area contributed by atoms with E-state index in [-0.39, 0.29) is 12.5 Å². The van der Waals surface area contributed by atoms with E-state index in [0.717, 1.165) is 20.4 Å². The van der Waals surface area contributed by atoms with Crippen molar-refractivity contribution in [1.29, 1.82) is 0 Å². The molecule has 7 heteroatoms. The van der Waals surface area contributed by atoms with Crippen LogP contribution in [-0.4, -0.2) is 32.9 Å². The number of hydrazone groups is 1. The Morgan fingerprint density at radius 1 is 1.24 bits per heavy atom. The van der Waals surface area contributed by atoms with Crippen LogP contribution in [0.15, 0.2) is 41.5 Å². The molecule has 0 radical (unpaired) electrons. The van der Waals surface area contributed by atoms with Crippen LogP contribution in [0.3, 0.4) is 0 Å². The first kappa shape index (κ1) is 19.0. The third-order valence-corrected chi connectivity index (χ3v) is 4.24. The van der Waals surface area contributed by atoms with E-state index in [9.17, 15) is 4.79 Å². The van der Waals surface area contributed by atoms with Crippen LogP contribution in [0.5, 0.6) is 11.5 Å². The number of benzene rings is 2. The first-order chi connectivity index (χ1) is 12.0. The van der Waals surface area contributed by atoms with Crippen LogP contribution in [-0.2, 0) is 4.79 Å². The smallest absolute Gasteiger partial charge is 0.259 e. The topological polar surface area (TPSA) is 72.0 Å². The van der Waals surface area contributed by atoms with E-state index in [4.69, 9.17) is 9.47 Å². The summed E-state index contributed by atoms with van der Waals surface area (Å²) in [7, 11) is 3.17. The van der Waals surface area contributed by atoms with Crippen molar-refractivity contribution in [1.82, 2.24) is 5.43 Å². The number of nitrogens with one attached hydrogen (secondary N) is 2. The van der Waals surface area contributed by atoms with Gasteiger partial charge in [-0.25, -0.2) is 5.43 Å². The molecule has 0 saturated heterocycles. The molecule has 0 aromatic heterocycles. The van der Waals surface area contributed by atoms with Crippen LogP contribution in [0.4, 0.5) is 5.69 Å². The summed E-state index contributed by atoms with van der Waals surface area (Å²) in [4.78, 5) is 11.9. The van der Waals surface area contributed by atoms with Gasteiger partial charge < -0.3 is 14.8 Å². The number of hydrogen-bond donors (Lipinski definition) is 2. The van der Waals surface area contributed by atoms with Crippen LogP contribution in [0.1, 0.15) is 11.1 Å². The van der Waals surface area contributed by atoms with Gasteiger partial charge in [-0.05, 0) is 58.8 Å². The average Bonchev–Trinajstić information content (AvgIpc) is 2.60. The second kappa shape index (κ2) is 9.26. The number of para-hydroxylation sites is 1. The molecule has 0 saturated carbocycles. The van der Waals surface area contributed by atoms with Crippen LogP contribution < -0.4 is 20.2 Å². The zero-order chi connectivity index (χ0) is 18.2. The van der Waals surface area contributed by atoms with Gasteiger partial charge in [0.25, 0.3) is 5.91 Å². The minimum atomic E-state index is -0.227. The number of anilines is 1. The van der Waals surface area contributed by atoms with Gasteiger partial charge in [0.2, 0.25) is 0 Å². The molecule has 132 valence electrons. The van der Waals surface area contributed by atoms with Gasteiger partial charge in [-0.1, -0.05) is 18.2 Å². The SMILES string of the molecule is COc1cc(/C=N/NC(=O)CNc2ccccc2C)cc(I)c1OC. The maximum atomic E-state index is 11.9. The molecule has 0 fully saturated rings. The number of halogens is 1. The van der Waals surface area contributed by atoms with E-state index >= 15 is 0 Å². The molecule has 0 aliphatic rings. The van der Waals surface area contributed by atoms with Crippen molar-refractivity contribution >= 4 is 40.4 Å². The highest BCUT2D eigenvalue weighted by Gasteiger charge is 2.09. The Morgan fingerprint density at radius 2 is 2.00 bits per heavy atom. The zero-order valence-corrected chi connectivity index (χ0v) is 16.5. The Morgan fingerprint density at radius 3 is 2.68 bits per heavy atom. The van der Waals surface area contributed by atoms with Gasteiger partial charge in [0.15, 0.2) is 11.5 Å². The van der Waals surface area contributed by atoms with Gasteiger partial charge in [0.1, 0.15) is 0 Å². The molecule has 6 nitrogen and oxygen atoms in total. The summed E-state index contributed by atoms with van der Waals surface area (Å²) >= 11 is 2.16. The summed E-state index contributed by atoms with van der Waals surface area (Å²) in [6.07, 6.45) is 1.57. The Hall–Kier alpha value is -2.29. The Kier molecular flexibility index (Phi) is 7.05. The number of nitrogens with zero attached hydrogens (tertiary/aromatic N) is 1. The number of carbonyl (C=O) groups excluding carboxylic acids is 1. The lowest BCUT2D eigenvalue weighted by atomic mass is 10.2. The summed E-state index contributed by atoms with van der Waals surface area (Å²) in [5.41, 5.74) is 5.31. The van der Waals surface area contributed by atoms with E-state index in [1.165, 1.54) is 0 Å². The molecule has 0 aliphatic heterocycles. The molecule has 2 aromatic rings. The lowest BCUT2D eigenvalue weighted by Gasteiger charge is -2.10. The van der Waals surface area contributed by atoms with E-state index in [0.29, 0.717) is 11.5 Å². The number of aryl methyl sites for hydroxylation is 1. The third kappa shape index (κ3) is 5.35. The van der Waals surface area contributed by atoms with Crippen molar-refractivity contribution in [2.24, 2.45) is 5.10 Å². The third-order valence-electron chi connectivity index (χ3n) is 3.44. The number of carbonyl (C=O) groups is 1. The molecule has 2 N–H and O–H groups in total. The molecule has 0 atom stereocenters. The van der Waals surface area contributed by atoms with Gasteiger partial charge in [0.05, 0.1) is 30.5 Å². The molecule has 2 rings (SSSR count). The van der Waals surface area contributed by atoms with Crippen LogP contribution in [0.2, 0.25) is 0 Å². The first-order valence-electron chi connectivity index (χ1n) is 7.58. The van der Waals surface area contributed by atoms with Crippen molar-refractivity contribution in [3.05, 3.63) is 51.1 Å². The average molecular weight is 453 g/mol. The van der Waals surface area contributed by atoms with Crippen molar-refractivity contribution in [3.8, 4) is 11.5 Å². The second-order valence-corrected chi connectivity index (χ2v) is 6.36. The maximum absolute atomic E-state index is 11.9. The van der Waals surface area contributed by atoms with E-state index in [1.807, 2.05) is 37.3 Å². The highest BCUT2D eigenvalue weighted by Crippen LogP contribution is 2.32. The fourth-order valence-electron chi connectivity index (χ4n) is 2.18. The molecule has 1 amide bonds. The molecular formula is C18H20IN3O3. The second-order valence-electron chi connectivity index (χ2n) is 5.20. The van der Waals surface area contributed by atoms with Crippen LogP contribution in [0.25, 0.3) is 0 Å². The minimum Gasteiger partial charge on any atom is -0.493 e. The Labute approximate surface area is 160 Å². The molecule has 0 bridgehead atoms. The molecule has 0 aliphatic carbocycles. The van der Waals surface area contributed by atoms with Crippen LogP contribution >= 0.6 is 22.6 Å². The number of ether oxygens (including phenoxy) is 2. The van der Waals surface area contributed by atoms with Gasteiger partial charge in [-0.2, -0.15) is 5.10 Å². The lowest BCUT2D eigenvalue weighted by Crippen LogP contribution is -2.26. The fraction of sp³-hybridized carbons (Fsp3) is 0.222. The molecule has 0 heterocycles. The summed E-state index contributed by atoms with van der Waals surface area (Å²) < 4.78 is 11.5. The molecule has 0 spiro atoms.